The summed E-state index contributed by atoms with van der Waals surface area (Å²) in [6.45, 7) is 5.75. The molecule has 1 rings (SSSR count). The standard InChI is InChI=1S/C14H23NO2/c1-3-16-10-11-17-12-14-7-5-4-6-13(14)8-9-15-2/h4-7,15H,3,8-12H2,1-2H3. The number of hydrogen-bond acceptors (Lipinski definition) is 3. The molecule has 0 amide bonds. The van der Waals surface area contributed by atoms with Gasteiger partial charge in [0.1, 0.15) is 0 Å². The Bertz CT molecular complexity index is 302. The van der Waals surface area contributed by atoms with E-state index in [1.807, 2.05) is 14.0 Å². The molecule has 0 heterocycles. The van der Waals surface area contributed by atoms with E-state index in [-0.39, 0.29) is 0 Å². The molecule has 3 heteroatoms. The quantitative estimate of drug-likeness (QED) is 0.666. The van der Waals surface area contributed by atoms with Gasteiger partial charge in [-0.25, -0.2) is 0 Å². The third-order valence-electron chi connectivity index (χ3n) is 2.60. The van der Waals surface area contributed by atoms with E-state index in [9.17, 15) is 0 Å². The van der Waals surface area contributed by atoms with Crippen molar-refractivity contribution >= 4 is 0 Å². The lowest BCUT2D eigenvalue weighted by molar-refractivity contribution is 0.0450. The zero-order chi connectivity index (χ0) is 12.3. The first-order chi connectivity index (χ1) is 8.38. The van der Waals surface area contributed by atoms with E-state index in [2.05, 4.69) is 29.6 Å². The maximum Gasteiger partial charge on any atom is 0.0720 e. The van der Waals surface area contributed by atoms with Crippen LogP contribution in [0.3, 0.4) is 0 Å². The maximum atomic E-state index is 5.60. The lowest BCUT2D eigenvalue weighted by Gasteiger charge is -2.10. The Morgan fingerprint density at radius 2 is 1.76 bits per heavy atom. The van der Waals surface area contributed by atoms with Crippen LogP contribution in [0.5, 0.6) is 0 Å². The molecule has 96 valence electrons. The average Bonchev–Trinajstić information content (AvgIpc) is 2.37. The third-order valence-corrected chi connectivity index (χ3v) is 2.60. The number of likely N-dealkylation sites (N-methyl/N-ethyl adjacent to an activating group) is 1. The number of ether oxygens (including phenoxy) is 2. The maximum absolute atomic E-state index is 5.60. The summed E-state index contributed by atoms with van der Waals surface area (Å²) in [7, 11) is 1.97. The molecule has 0 fully saturated rings. The fraction of sp³-hybridized carbons (Fsp3) is 0.571. The molecule has 3 nitrogen and oxygen atoms in total. The highest BCUT2D eigenvalue weighted by Crippen LogP contribution is 2.10. The van der Waals surface area contributed by atoms with Gasteiger partial charge in [0.25, 0.3) is 0 Å². The largest absolute Gasteiger partial charge is 0.379 e. The molecule has 0 unspecified atom stereocenters. The Morgan fingerprint density at radius 1 is 1.06 bits per heavy atom. The van der Waals surface area contributed by atoms with E-state index in [1.54, 1.807) is 0 Å². The van der Waals surface area contributed by atoms with Crippen molar-refractivity contribution in [1.82, 2.24) is 5.32 Å². The molecule has 17 heavy (non-hydrogen) atoms. The molecule has 0 atom stereocenters. The SMILES string of the molecule is CCOCCOCc1ccccc1CCNC. The van der Waals surface area contributed by atoms with Gasteiger partial charge in [-0.05, 0) is 38.1 Å². The minimum Gasteiger partial charge on any atom is -0.379 e. The normalized spacial score (nSPS) is 10.7. The molecule has 1 N–H and O–H groups in total. The van der Waals surface area contributed by atoms with Crippen molar-refractivity contribution in [3.63, 3.8) is 0 Å². The summed E-state index contributed by atoms with van der Waals surface area (Å²) in [5, 5.41) is 3.17. The Balaban J connectivity index is 2.35. The Labute approximate surface area is 104 Å². The van der Waals surface area contributed by atoms with Crippen molar-refractivity contribution in [2.75, 3.05) is 33.4 Å². The molecule has 0 aliphatic carbocycles. The van der Waals surface area contributed by atoms with Crippen molar-refractivity contribution in [2.45, 2.75) is 20.0 Å². The van der Waals surface area contributed by atoms with Crippen LogP contribution in [0.4, 0.5) is 0 Å². The summed E-state index contributed by atoms with van der Waals surface area (Å²) < 4.78 is 10.8. The zero-order valence-electron chi connectivity index (χ0n) is 10.9. The van der Waals surface area contributed by atoms with Gasteiger partial charge in [-0.1, -0.05) is 24.3 Å². The lowest BCUT2D eigenvalue weighted by Crippen LogP contribution is -2.12. The van der Waals surface area contributed by atoms with Crippen LogP contribution in [-0.4, -0.2) is 33.4 Å². The Hall–Kier alpha value is -0.900. The fourth-order valence-corrected chi connectivity index (χ4v) is 1.65. The summed E-state index contributed by atoms with van der Waals surface area (Å²) in [5.41, 5.74) is 2.64. The van der Waals surface area contributed by atoms with Gasteiger partial charge in [-0.2, -0.15) is 0 Å². The summed E-state index contributed by atoms with van der Waals surface area (Å²) in [6.07, 6.45) is 1.04. The second-order valence-electron chi connectivity index (χ2n) is 3.87. The summed E-state index contributed by atoms with van der Waals surface area (Å²) in [4.78, 5) is 0. The Kier molecular flexibility index (Phi) is 7.63. The van der Waals surface area contributed by atoms with Gasteiger partial charge in [-0.3, -0.25) is 0 Å². The molecule has 1 aromatic carbocycles. The molecule has 0 saturated heterocycles. The highest BCUT2D eigenvalue weighted by atomic mass is 16.5. The molecule has 0 aromatic heterocycles. The molecule has 0 spiro atoms. The van der Waals surface area contributed by atoms with Crippen LogP contribution >= 0.6 is 0 Å². The van der Waals surface area contributed by atoms with Crippen molar-refractivity contribution in [2.24, 2.45) is 0 Å². The predicted octanol–water partition coefficient (Wildman–Crippen LogP) is 2.00. The third kappa shape index (κ3) is 5.82. The van der Waals surface area contributed by atoms with E-state index >= 15 is 0 Å². The van der Waals surface area contributed by atoms with Gasteiger partial charge in [0.15, 0.2) is 0 Å². The van der Waals surface area contributed by atoms with Crippen LogP contribution in [0.15, 0.2) is 24.3 Å². The number of nitrogens with one attached hydrogen (secondary N) is 1. The van der Waals surface area contributed by atoms with Gasteiger partial charge >= 0.3 is 0 Å². The van der Waals surface area contributed by atoms with E-state index in [0.717, 1.165) is 19.6 Å². The summed E-state index contributed by atoms with van der Waals surface area (Å²) in [5.74, 6) is 0. The smallest absolute Gasteiger partial charge is 0.0720 e. The minimum absolute atomic E-state index is 0.661. The first kappa shape index (κ1) is 14.2. The number of rotatable bonds is 9. The molecule has 0 radical (unpaired) electrons. The van der Waals surface area contributed by atoms with Crippen molar-refractivity contribution in [1.29, 1.82) is 0 Å². The second kappa shape index (κ2) is 9.16. The van der Waals surface area contributed by atoms with Gasteiger partial charge in [0, 0.05) is 6.61 Å². The van der Waals surface area contributed by atoms with Crippen LogP contribution in [0.25, 0.3) is 0 Å². The predicted molar refractivity (Wildman–Crippen MR) is 70.2 cm³/mol. The second-order valence-corrected chi connectivity index (χ2v) is 3.87. The van der Waals surface area contributed by atoms with Crippen molar-refractivity contribution in [3.05, 3.63) is 35.4 Å². The monoisotopic (exact) mass is 237 g/mol. The topological polar surface area (TPSA) is 30.5 Å². The van der Waals surface area contributed by atoms with Crippen LogP contribution < -0.4 is 5.32 Å². The van der Waals surface area contributed by atoms with Crippen LogP contribution in [0, 0.1) is 0 Å². The van der Waals surface area contributed by atoms with Crippen molar-refractivity contribution in [3.8, 4) is 0 Å². The zero-order valence-corrected chi connectivity index (χ0v) is 10.9. The molecule has 0 bridgehead atoms. The van der Waals surface area contributed by atoms with Gasteiger partial charge < -0.3 is 14.8 Å². The minimum atomic E-state index is 0.661. The van der Waals surface area contributed by atoms with E-state index in [4.69, 9.17) is 9.47 Å². The fourth-order valence-electron chi connectivity index (χ4n) is 1.65. The lowest BCUT2D eigenvalue weighted by atomic mass is 10.1. The van der Waals surface area contributed by atoms with Gasteiger partial charge in [-0.15, -0.1) is 0 Å². The van der Waals surface area contributed by atoms with Crippen LogP contribution in [0.1, 0.15) is 18.1 Å². The van der Waals surface area contributed by atoms with E-state index in [1.165, 1.54) is 11.1 Å². The average molecular weight is 237 g/mol. The first-order valence-corrected chi connectivity index (χ1v) is 6.25. The molecular formula is C14H23NO2. The van der Waals surface area contributed by atoms with Gasteiger partial charge in [0.2, 0.25) is 0 Å². The highest BCUT2D eigenvalue weighted by molar-refractivity contribution is 5.26. The van der Waals surface area contributed by atoms with Gasteiger partial charge in [0.05, 0.1) is 19.8 Å². The molecule has 0 saturated carbocycles. The van der Waals surface area contributed by atoms with Crippen molar-refractivity contribution < 1.29 is 9.47 Å². The molecule has 0 aliphatic heterocycles. The number of hydrogen-bond donors (Lipinski definition) is 1. The first-order valence-electron chi connectivity index (χ1n) is 6.25. The van der Waals surface area contributed by atoms with Crippen LogP contribution in [-0.2, 0) is 22.5 Å². The van der Waals surface area contributed by atoms with E-state index in [0.29, 0.717) is 19.8 Å². The van der Waals surface area contributed by atoms with Crippen LogP contribution in [0.2, 0.25) is 0 Å². The number of benzene rings is 1. The summed E-state index contributed by atoms with van der Waals surface area (Å²) >= 11 is 0. The molecule has 1 aromatic rings. The molecule has 0 aliphatic rings. The van der Waals surface area contributed by atoms with E-state index < -0.39 is 0 Å². The summed E-state index contributed by atoms with van der Waals surface area (Å²) in [6, 6.07) is 8.43. The highest BCUT2D eigenvalue weighted by Gasteiger charge is 2.01. The molecular weight excluding hydrogens is 214 g/mol. The Morgan fingerprint density at radius 3 is 2.47 bits per heavy atom.